The summed E-state index contributed by atoms with van der Waals surface area (Å²) in [5.74, 6) is -0.445. The van der Waals surface area contributed by atoms with Crippen molar-refractivity contribution in [3.63, 3.8) is 0 Å². The predicted octanol–water partition coefficient (Wildman–Crippen LogP) is 2.06. The maximum Gasteiger partial charge on any atom is 0.501 e. The van der Waals surface area contributed by atoms with Crippen molar-refractivity contribution < 1.29 is 36.0 Å². The number of carbonyl (C=O) groups is 3. The van der Waals surface area contributed by atoms with Gasteiger partial charge in [0.2, 0.25) is 5.91 Å². The van der Waals surface area contributed by atoms with Gasteiger partial charge in [0.1, 0.15) is 11.4 Å². The van der Waals surface area contributed by atoms with Crippen molar-refractivity contribution in [2.75, 3.05) is 50.0 Å². The quantitative estimate of drug-likeness (QED) is 0.494. The second-order valence-corrected chi connectivity index (χ2v) is 12.1. The summed E-state index contributed by atoms with van der Waals surface area (Å²) < 4.78 is 62.0. The number of anilines is 2. The van der Waals surface area contributed by atoms with E-state index in [1.807, 2.05) is 11.9 Å². The van der Waals surface area contributed by atoms with Crippen LogP contribution in [0.4, 0.5) is 29.5 Å². The molecule has 1 aliphatic carbocycles. The molecule has 0 bridgehead atoms. The van der Waals surface area contributed by atoms with Gasteiger partial charge >= 0.3 is 11.5 Å². The largest absolute Gasteiger partial charge is 0.501 e. The molecule has 15 heteroatoms. The summed E-state index contributed by atoms with van der Waals surface area (Å²) in [7, 11) is -3.54. The van der Waals surface area contributed by atoms with Crippen LogP contribution in [0.2, 0.25) is 0 Å². The van der Waals surface area contributed by atoms with Gasteiger partial charge in [-0.15, -0.1) is 0 Å². The van der Waals surface area contributed by atoms with Crippen LogP contribution >= 0.6 is 0 Å². The Kier molecular flexibility index (Phi) is 7.08. The number of hydrogen-bond acceptors (Lipinski definition) is 8. The molecule has 2 aliphatic heterocycles. The highest BCUT2D eigenvalue weighted by molar-refractivity contribution is 7.92. The summed E-state index contributed by atoms with van der Waals surface area (Å²) in [6.07, 6.45) is 2.31. The average molecular weight is 581 g/mol. The summed E-state index contributed by atoms with van der Waals surface area (Å²) in [6.45, 7) is 3.56. The maximum absolute atomic E-state index is 13.4. The van der Waals surface area contributed by atoms with Gasteiger partial charge in [0.15, 0.2) is 0 Å². The van der Waals surface area contributed by atoms with Crippen molar-refractivity contribution in [3.05, 3.63) is 48.2 Å². The van der Waals surface area contributed by atoms with Crippen LogP contribution in [0, 0.1) is 0 Å². The molecule has 214 valence electrons. The van der Waals surface area contributed by atoms with Gasteiger partial charge in [-0.05, 0) is 61.9 Å². The fraction of sp³-hybridized carbons (Fsp3) is 0.440. The lowest BCUT2D eigenvalue weighted by Crippen LogP contribution is -2.47. The van der Waals surface area contributed by atoms with Crippen molar-refractivity contribution in [1.29, 1.82) is 0 Å². The first-order valence-electron chi connectivity index (χ1n) is 12.6. The van der Waals surface area contributed by atoms with E-state index in [2.05, 4.69) is 15.2 Å². The number of rotatable bonds is 7. The number of carbonyl (C=O) groups excluding carboxylic acids is 3. The van der Waals surface area contributed by atoms with E-state index in [4.69, 9.17) is 0 Å². The van der Waals surface area contributed by atoms with E-state index in [0.29, 0.717) is 24.2 Å². The lowest BCUT2D eigenvalue weighted by atomic mass is 10.2. The highest BCUT2D eigenvalue weighted by Gasteiger charge is 2.65. The van der Waals surface area contributed by atoms with Crippen LogP contribution in [0.3, 0.4) is 0 Å². The summed E-state index contributed by atoms with van der Waals surface area (Å²) in [6, 6.07) is 6.06. The van der Waals surface area contributed by atoms with Crippen molar-refractivity contribution in [2.45, 2.75) is 35.3 Å². The summed E-state index contributed by atoms with van der Waals surface area (Å²) in [4.78, 5) is 48.8. The number of urea groups is 1. The number of aromatic nitrogens is 1. The third-order valence-electron chi connectivity index (χ3n) is 7.37. The maximum atomic E-state index is 13.4. The molecule has 1 saturated carbocycles. The molecule has 1 spiro atoms. The Morgan fingerprint density at radius 1 is 1.05 bits per heavy atom. The van der Waals surface area contributed by atoms with E-state index in [-0.39, 0.29) is 24.7 Å². The monoisotopic (exact) mass is 580 g/mol. The predicted molar refractivity (Wildman–Crippen MR) is 137 cm³/mol. The summed E-state index contributed by atoms with van der Waals surface area (Å²) in [5.41, 5.74) is -5.97. The number of nitrogens with zero attached hydrogens (tertiary/aromatic N) is 5. The Morgan fingerprint density at radius 2 is 1.70 bits per heavy atom. The van der Waals surface area contributed by atoms with Crippen LogP contribution in [0.15, 0.2) is 47.5 Å². The normalized spacial score (nSPS) is 19.9. The van der Waals surface area contributed by atoms with E-state index in [1.54, 1.807) is 12.1 Å². The molecule has 0 unspecified atom stereocenters. The third kappa shape index (κ3) is 5.15. The number of alkyl halides is 3. The van der Waals surface area contributed by atoms with Crippen molar-refractivity contribution in [1.82, 2.24) is 19.7 Å². The number of pyridine rings is 1. The molecular weight excluding hydrogens is 553 g/mol. The Labute approximate surface area is 228 Å². The first kappa shape index (κ1) is 28.0. The number of imide groups is 1. The van der Waals surface area contributed by atoms with E-state index in [0.717, 1.165) is 55.3 Å². The fourth-order valence-electron chi connectivity index (χ4n) is 4.89. The lowest BCUT2D eigenvalue weighted by Gasteiger charge is -2.31. The van der Waals surface area contributed by atoms with Crippen molar-refractivity contribution in [3.8, 4) is 0 Å². The Bertz CT molecular complexity index is 1440. The first-order chi connectivity index (χ1) is 18.8. The minimum absolute atomic E-state index is 0.0310. The number of benzene rings is 1. The molecule has 0 radical (unpaired) electrons. The van der Waals surface area contributed by atoms with E-state index >= 15 is 0 Å². The van der Waals surface area contributed by atoms with E-state index in [9.17, 15) is 36.0 Å². The molecule has 1 N–H and O–H groups in total. The summed E-state index contributed by atoms with van der Waals surface area (Å²) in [5, 5.41) is 2.77. The van der Waals surface area contributed by atoms with E-state index in [1.165, 1.54) is 11.1 Å². The molecular formula is C25H27F3N6O5S. The highest BCUT2D eigenvalue weighted by Crippen LogP contribution is 2.49. The van der Waals surface area contributed by atoms with Crippen molar-refractivity contribution >= 4 is 39.2 Å². The van der Waals surface area contributed by atoms with E-state index < -0.39 is 37.7 Å². The fourth-order valence-corrected chi connectivity index (χ4v) is 5.65. The molecule has 1 aromatic carbocycles. The van der Waals surface area contributed by atoms with Crippen LogP contribution in [0.1, 0.15) is 18.4 Å². The van der Waals surface area contributed by atoms with Crippen LogP contribution in [-0.4, -0.2) is 96.8 Å². The van der Waals surface area contributed by atoms with Crippen LogP contribution in [0.5, 0.6) is 0 Å². The second-order valence-electron chi connectivity index (χ2n) is 10.2. The number of likely N-dealkylation sites (N-methyl/N-ethyl adjacent to an activating group) is 1. The molecule has 5 rings (SSSR count). The van der Waals surface area contributed by atoms with Gasteiger partial charge in [-0.1, -0.05) is 0 Å². The van der Waals surface area contributed by atoms with Crippen LogP contribution in [0.25, 0.3) is 0 Å². The third-order valence-corrected chi connectivity index (χ3v) is 8.87. The Balaban J connectivity index is 1.29. The molecule has 3 fully saturated rings. The van der Waals surface area contributed by atoms with Crippen molar-refractivity contribution in [2.24, 2.45) is 0 Å². The number of nitrogens with one attached hydrogen (secondary N) is 1. The zero-order valence-electron chi connectivity index (χ0n) is 21.5. The Hall–Kier alpha value is -3.56. The second kappa shape index (κ2) is 10.1. The average Bonchev–Trinajstić information content (AvgIpc) is 3.67. The summed E-state index contributed by atoms with van der Waals surface area (Å²) >= 11 is 0. The van der Waals surface area contributed by atoms with Gasteiger partial charge in [-0.25, -0.2) is 23.1 Å². The zero-order valence-corrected chi connectivity index (χ0v) is 22.3. The molecule has 4 amide bonds. The molecule has 3 heterocycles. The number of piperazine rings is 1. The van der Waals surface area contributed by atoms with Gasteiger partial charge in [-0.3, -0.25) is 14.5 Å². The molecule has 2 saturated heterocycles. The number of hydrogen-bond donors (Lipinski definition) is 1. The smallest absolute Gasteiger partial charge is 0.310 e. The van der Waals surface area contributed by atoms with Crippen LogP contribution in [-0.2, 0) is 26.0 Å². The minimum atomic E-state index is -5.57. The zero-order chi connectivity index (χ0) is 28.9. The van der Waals surface area contributed by atoms with Gasteiger partial charge < -0.3 is 15.1 Å². The molecule has 2 aromatic rings. The SMILES string of the molecule is CN1CCN(CC(=O)Nc2cc(CN3C(=O)N(c4ccc(S(=O)(=O)C(F)(F)F)cc4)C(=O)C34CC4)ccn2)CC1. The molecule has 40 heavy (non-hydrogen) atoms. The standard InChI is InChI=1S/C25H27F3N6O5S/c1-31-10-12-32(13-11-31)16-21(35)30-20-14-17(6-9-29-20)15-33-23(37)34(22(36)24(33)7-8-24)18-2-4-19(5-3-18)40(38,39)25(26,27)28/h2-6,9,14H,7-8,10-13,15-16H2,1H3,(H,29,30,35). The molecule has 0 atom stereocenters. The number of amides is 4. The highest BCUT2D eigenvalue weighted by atomic mass is 32.2. The molecule has 3 aliphatic rings. The topological polar surface area (TPSA) is 123 Å². The van der Waals surface area contributed by atoms with Gasteiger partial charge in [0.05, 0.1) is 17.1 Å². The molecule has 11 nitrogen and oxygen atoms in total. The Morgan fingerprint density at radius 3 is 2.30 bits per heavy atom. The number of halogens is 3. The number of sulfone groups is 1. The lowest BCUT2D eigenvalue weighted by molar-refractivity contribution is -0.121. The van der Waals surface area contributed by atoms with Crippen LogP contribution < -0.4 is 10.2 Å². The van der Waals surface area contributed by atoms with Gasteiger partial charge in [0.25, 0.3) is 15.7 Å². The molecule has 1 aromatic heterocycles. The first-order valence-corrected chi connectivity index (χ1v) is 14.0. The van der Waals surface area contributed by atoms with Gasteiger partial charge in [0, 0.05) is 38.9 Å². The minimum Gasteiger partial charge on any atom is -0.310 e. The van der Waals surface area contributed by atoms with Gasteiger partial charge in [-0.2, -0.15) is 13.2 Å².